The lowest BCUT2D eigenvalue weighted by atomic mass is 9.95. The van der Waals surface area contributed by atoms with E-state index in [0.717, 1.165) is 44.3 Å². The highest BCUT2D eigenvalue weighted by Gasteiger charge is 2.25. The first kappa shape index (κ1) is 17.5. The standard InChI is InChI=1S/C19H32N4O/c1-3-23-14-9-18(20-23)19(24)22-10-4-5-17(8-13-22)15-21-11-6-16(2)7-12-21/h9,14,16-17H,3-8,10-13,15H2,1-2H3. The second-order valence-corrected chi connectivity index (χ2v) is 7.63. The fourth-order valence-corrected chi connectivity index (χ4v) is 3.97. The van der Waals surface area contributed by atoms with E-state index in [1.165, 1.54) is 38.9 Å². The van der Waals surface area contributed by atoms with E-state index < -0.39 is 0 Å². The summed E-state index contributed by atoms with van der Waals surface area (Å²) in [5.74, 6) is 1.74. The molecule has 0 bridgehead atoms. The van der Waals surface area contributed by atoms with E-state index >= 15 is 0 Å². The summed E-state index contributed by atoms with van der Waals surface area (Å²) in [5, 5.41) is 4.37. The molecule has 3 heterocycles. The summed E-state index contributed by atoms with van der Waals surface area (Å²) in [5.41, 5.74) is 0.598. The third-order valence-corrected chi connectivity index (χ3v) is 5.71. The Morgan fingerprint density at radius 2 is 1.96 bits per heavy atom. The average molecular weight is 332 g/mol. The minimum absolute atomic E-state index is 0.106. The van der Waals surface area contributed by atoms with Gasteiger partial charge in [-0.05, 0) is 70.0 Å². The third kappa shape index (κ3) is 4.38. The lowest BCUT2D eigenvalue weighted by Crippen LogP contribution is -2.37. The molecule has 1 amide bonds. The quantitative estimate of drug-likeness (QED) is 0.851. The van der Waals surface area contributed by atoms with Crippen LogP contribution in [0.3, 0.4) is 0 Å². The molecule has 0 spiro atoms. The third-order valence-electron chi connectivity index (χ3n) is 5.71. The summed E-state index contributed by atoms with van der Waals surface area (Å²) < 4.78 is 1.82. The lowest BCUT2D eigenvalue weighted by Gasteiger charge is -2.32. The number of hydrogen-bond donors (Lipinski definition) is 0. The maximum atomic E-state index is 12.7. The van der Waals surface area contributed by atoms with Crippen LogP contribution in [0.5, 0.6) is 0 Å². The van der Waals surface area contributed by atoms with Crippen LogP contribution >= 0.6 is 0 Å². The molecule has 1 aromatic heterocycles. The fraction of sp³-hybridized carbons (Fsp3) is 0.789. The van der Waals surface area contributed by atoms with Crippen molar-refractivity contribution in [3.63, 3.8) is 0 Å². The summed E-state index contributed by atoms with van der Waals surface area (Å²) in [6.45, 7) is 10.7. The van der Waals surface area contributed by atoms with E-state index in [1.807, 2.05) is 28.8 Å². The van der Waals surface area contributed by atoms with Gasteiger partial charge in [0, 0.05) is 32.4 Å². The largest absolute Gasteiger partial charge is 0.337 e. The SMILES string of the molecule is CCn1ccc(C(=O)N2CCCC(CN3CCC(C)CC3)CC2)n1. The van der Waals surface area contributed by atoms with Gasteiger partial charge < -0.3 is 9.80 Å². The first-order valence-corrected chi connectivity index (χ1v) is 9.70. The molecular weight excluding hydrogens is 300 g/mol. The van der Waals surface area contributed by atoms with Gasteiger partial charge in [0.15, 0.2) is 0 Å². The topological polar surface area (TPSA) is 41.4 Å². The minimum atomic E-state index is 0.106. The van der Waals surface area contributed by atoms with Crippen molar-refractivity contribution in [2.24, 2.45) is 11.8 Å². The molecule has 1 unspecified atom stereocenters. The van der Waals surface area contributed by atoms with Crippen LogP contribution < -0.4 is 0 Å². The van der Waals surface area contributed by atoms with Crippen molar-refractivity contribution in [2.45, 2.75) is 52.5 Å². The molecule has 1 aromatic rings. The molecule has 5 heteroatoms. The van der Waals surface area contributed by atoms with Gasteiger partial charge in [-0.15, -0.1) is 0 Å². The van der Waals surface area contributed by atoms with Crippen LogP contribution in [0.2, 0.25) is 0 Å². The Kier molecular flexibility index (Phi) is 5.93. The number of piperidine rings is 1. The first-order valence-electron chi connectivity index (χ1n) is 9.70. The molecule has 2 fully saturated rings. The van der Waals surface area contributed by atoms with Crippen molar-refractivity contribution in [2.75, 3.05) is 32.7 Å². The Bertz CT molecular complexity index is 533. The van der Waals surface area contributed by atoms with Crippen molar-refractivity contribution in [1.29, 1.82) is 0 Å². The Morgan fingerprint density at radius 3 is 2.67 bits per heavy atom. The number of carbonyl (C=O) groups is 1. The van der Waals surface area contributed by atoms with Crippen LogP contribution in [0.25, 0.3) is 0 Å². The Labute approximate surface area is 146 Å². The van der Waals surface area contributed by atoms with E-state index in [9.17, 15) is 4.79 Å². The van der Waals surface area contributed by atoms with Gasteiger partial charge in [0.1, 0.15) is 5.69 Å². The molecule has 2 saturated heterocycles. The summed E-state index contributed by atoms with van der Waals surface area (Å²) >= 11 is 0. The number of rotatable bonds is 4. The molecule has 2 aliphatic rings. The second kappa shape index (κ2) is 8.15. The maximum absolute atomic E-state index is 12.7. The van der Waals surface area contributed by atoms with Crippen LogP contribution in [-0.4, -0.2) is 58.2 Å². The number of likely N-dealkylation sites (tertiary alicyclic amines) is 2. The molecule has 0 radical (unpaired) electrons. The Morgan fingerprint density at radius 1 is 1.17 bits per heavy atom. The molecule has 134 valence electrons. The number of aryl methyl sites for hydroxylation is 1. The van der Waals surface area contributed by atoms with Crippen molar-refractivity contribution >= 4 is 5.91 Å². The molecule has 0 saturated carbocycles. The normalized spacial score (nSPS) is 24.1. The summed E-state index contributed by atoms with van der Waals surface area (Å²) in [6, 6.07) is 1.85. The average Bonchev–Trinajstić information content (AvgIpc) is 2.96. The molecule has 2 aliphatic heterocycles. The molecule has 0 aromatic carbocycles. The van der Waals surface area contributed by atoms with Crippen molar-refractivity contribution in [1.82, 2.24) is 19.6 Å². The Hall–Kier alpha value is -1.36. The second-order valence-electron chi connectivity index (χ2n) is 7.63. The highest BCUT2D eigenvalue weighted by molar-refractivity contribution is 5.92. The monoisotopic (exact) mass is 332 g/mol. The summed E-state index contributed by atoms with van der Waals surface area (Å²) in [6.07, 6.45) is 8.08. The van der Waals surface area contributed by atoms with Crippen LogP contribution in [0.1, 0.15) is 56.4 Å². The van der Waals surface area contributed by atoms with Gasteiger partial charge in [0.2, 0.25) is 0 Å². The molecule has 5 nitrogen and oxygen atoms in total. The molecule has 0 N–H and O–H groups in total. The van der Waals surface area contributed by atoms with Gasteiger partial charge in [-0.3, -0.25) is 9.48 Å². The predicted molar refractivity (Wildman–Crippen MR) is 96.0 cm³/mol. The van der Waals surface area contributed by atoms with E-state index in [-0.39, 0.29) is 5.91 Å². The van der Waals surface area contributed by atoms with E-state index in [1.54, 1.807) is 0 Å². The van der Waals surface area contributed by atoms with E-state index in [2.05, 4.69) is 16.9 Å². The smallest absolute Gasteiger partial charge is 0.274 e. The number of hydrogen-bond acceptors (Lipinski definition) is 3. The van der Waals surface area contributed by atoms with Gasteiger partial charge in [-0.25, -0.2) is 0 Å². The van der Waals surface area contributed by atoms with Gasteiger partial charge >= 0.3 is 0 Å². The van der Waals surface area contributed by atoms with Crippen LogP contribution in [0.15, 0.2) is 12.3 Å². The molecular formula is C19H32N4O. The predicted octanol–water partition coefficient (Wildman–Crippen LogP) is 2.88. The number of carbonyl (C=O) groups excluding carboxylic acids is 1. The Balaban J connectivity index is 1.50. The van der Waals surface area contributed by atoms with Crippen molar-refractivity contribution in [3.8, 4) is 0 Å². The summed E-state index contributed by atoms with van der Waals surface area (Å²) in [4.78, 5) is 17.3. The minimum Gasteiger partial charge on any atom is -0.337 e. The van der Waals surface area contributed by atoms with Gasteiger partial charge in [-0.2, -0.15) is 5.10 Å². The van der Waals surface area contributed by atoms with Crippen molar-refractivity contribution < 1.29 is 4.79 Å². The van der Waals surface area contributed by atoms with Crippen LogP contribution in [0, 0.1) is 11.8 Å². The van der Waals surface area contributed by atoms with Gasteiger partial charge in [-0.1, -0.05) is 6.92 Å². The zero-order chi connectivity index (χ0) is 16.9. The van der Waals surface area contributed by atoms with Gasteiger partial charge in [0.05, 0.1) is 0 Å². The van der Waals surface area contributed by atoms with E-state index in [0.29, 0.717) is 5.69 Å². The first-order chi connectivity index (χ1) is 11.7. The molecule has 1 atom stereocenters. The zero-order valence-electron chi connectivity index (χ0n) is 15.3. The maximum Gasteiger partial charge on any atom is 0.274 e. The highest BCUT2D eigenvalue weighted by Crippen LogP contribution is 2.23. The summed E-state index contributed by atoms with van der Waals surface area (Å²) in [7, 11) is 0. The van der Waals surface area contributed by atoms with Crippen molar-refractivity contribution in [3.05, 3.63) is 18.0 Å². The van der Waals surface area contributed by atoms with Gasteiger partial charge in [0.25, 0.3) is 5.91 Å². The van der Waals surface area contributed by atoms with E-state index in [4.69, 9.17) is 0 Å². The zero-order valence-corrected chi connectivity index (χ0v) is 15.3. The molecule has 3 rings (SSSR count). The van der Waals surface area contributed by atoms with Crippen LogP contribution in [-0.2, 0) is 6.54 Å². The number of nitrogens with zero attached hydrogens (tertiary/aromatic N) is 4. The number of aromatic nitrogens is 2. The molecule has 24 heavy (non-hydrogen) atoms. The number of amides is 1. The molecule has 0 aliphatic carbocycles. The highest BCUT2D eigenvalue weighted by atomic mass is 16.2. The fourth-order valence-electron chi connectivity index (χ4n) is 3.97. The van der Waals surface area contributed by atoms with Crippen LogP contribution in [0.4, 0.5) is 0 Å². The lowest BCUT2D eigenvalue weighted by molar-refractivity contribution is 0.0751.